The van der Waals surface area contributed by atoms with Crippen molar-refractivity contribution < 1.29 is 0 Å². The Labute approximate surface area is 128 Å². The zero-order valence-electron chi connectivity index (χ0n) is 14.8. The average Bonchev–Trinajstić information content (AvgIpc) is 2.86. The van der Waals surface area contributed by atoms with E-state index in [1.165, 1.54) is 57.8 Å². The lowest BCUT2D eigenvalue weighted by atomic mass is 9.89. The van der Waals surface area contributed by atoms with E-state index >= 15 is 0 Å². The van der Waals surface area contributed by atoms with Crippen molar-refractivity contribution in [2.24, 2.45) is 35.0 Å². The molecule has 0 aliphatic heterocycles. The van der Waals surface area contributed by atoms with Crippen LogP contribution in [0.2, 0.25) is 0 Å². The van der Waals surface area contributed by atoms with Gasteiger partial charge >= 0.3 is 0 Å². The van der Waals surface area contributed by atoms with E-state index in [9.17, 15) is 0 Å². The lowest BCUT2D eigenvalue weighted by molar-refractivity contribution is 0.354. The summed E-state index contributed by atoms with van der Waals surface area (Å²) in [6, 6.07) is 0. The predicted octanol–water partition coefficient (Wildman–Crippen LogP) is 6.69. The summed E-state index contributed by atoms with van der Waals surface area (Å²) in [7, 11) is 0. The van der Waals surface area contributed by atoms with Gasteiger partial charge in [0.1, 0.15) is 0 Å². The summed E-state index contributed by atoms with van der Waals surface area (Å²) < 4.78 is 0. The maximum atomic E-state index is 2.53. The summed E-state index contributed by atoms with van der Waals surface area (Å²) in [5, 5.41) is 0. The van der Waals surface area contributed by atoms with Crippen LogP contribution >= 0.6 is 0 Å². The monoisotopic (exact) mass is 278 g/mol. The van der Waals surface area contributed by atoms with Gasteiger partial charge in [-0.25, -0.2) is 0 Å². The van der Waals surface area contributed by atoms with Gasteiger partial charge in [0, 0.05) is 0 Å². The Balaban J connectivity index is 1.89. The fourth-order valence-corrected chi connectivity index (χ4v) is 4.83. The van der Waals surface area contributed by atoms with Crippen LogP contribution < -0.4 is 0 Å². The molecule has 0 aromatic heterocycles. The Kier molecular flexibility index (Phi) is 5.60. The van der Waals surface area contributed by atoms with Gasteiger partial charge in [0.15, 0.2) is 0 Å². The molecule has 0 spiro atoms. The molecule has 2 rings (SSSR count). The summed E-state index contributed by atoms with van der Waals surface area (Å²) in [6.45, 7) is 12.5. The minimum absolute atomic E-state index is 0.654. The number of fused-ring (bicyclic) bond motifs is 1. The fourth-order valence-electron chi connectivity index (χ4n) is 4.83. The highest BCUT2D eigenvalue weighted by molar-refractivity contribution is 5.04. The van der Waals surface area contributed by atoms with Gasteiger partial charge in [-0.15, -0.1) is 0 Å². The molecule has 5 atom stereocenters. The smallest absolute Gasteiger partial charge is 0.0292 e. The van der Waals surface area contributed by atoms with Crippen LogP contribution in [0, 0.1) is 35.0 Å². The SMILES string of the molecule is CC1CCCC(C)CCC2C(CC(C)CCC1)C2(C)C. The summed E-state index contributed by atoms with van der Waals surface area (Å²) in [5.74, 6) is 4.94. The van der Waals surface area contributed by atoms with Gasteiger partial charge in [-0.05, 0) is 47.8 Å². The van der Waals surface area contributed by atoms with Gasteiger partial charge in [0.2, 0.25) is 0 Å². The van der Waals surface area contributed by atoms with E-state index in [2.05, 4.69) is 34.6 Å². The first-order chi connectivity index (χ1) is 9.41. The molecule has 0 N–H and O–H groups in total. The molecule has 0 heteroatoms. The molecule has 0 saturated heterocycles. The van der Waals surface area contributed by atoms with Gasteiger partial charge in [-0.3, -0.25) is 0 Å². The first-order valence-electron chi connectivity index (χ1n) is 9.41. The molecule has 0 bridgehead atoms. The summed E-state index contributed by atoms with van der Waals surface area (Å²) >= 11 is 0. The Morgan fingerprint density at radius 2 is 1.10 bits per heavy atom. The number of hydrogen-bond acceptors (Lipinski definition) is 0. The van der Waals surface area contributed by atoms with Crippen LogP contribution in [0.15, 0.2) is 0 Å². The van der Waals surface area contributed by atoms with Crippen LogP contribution in [0.1, 0.15) is 92.4 Å². The second-order valence-corrected chi connectivity index (χ2v) is 9.02. The Morgan fingerprint density at radius 1 is 0.600 bits per heavy atom. The number of rotatable bonds is 0. The average molecular weight is 279 g/mol. The third kappa shape index (κ3) is 4.25. The fraction of sp³-hybridized carbons (Fsp3) is 1.00. The van der Waals surface area contributed by atoms with Crippen molar-refractivity contribution in [1.82, 2.24) is 0 Å². The Bertz CT molecular complexity index is 290. The van der Waals surface area contributed by atoms with E-state index in [0.717, 1.165) is 29.6 Å². The van der Waals surface area contributed by atoms with Crippen molar-refractivity contribution in [3.05, 3.63) is 0 Å². The van der Waals surface area contributed by atoms with Crippen molar-refractivity contribution in [3.8, 4) is 0 Å². The zero-order chi connectivity index (χ0) is 14.8. The van der Waals surface area contributed by atoms with Crippen LogP contribution in [-0.2, 0) is 0 Å². The molecule has 0 amide bonds. The maximum absolute atomic E-state index is 2.53. The molecule has 0 radical (unpaired) electrons. The van der Waals surface area contributed by atoms with Gasteiger partial charge in [-0.2, -0.15) is 0 Å². The van der Waals surface area contributed by atoms with Crippen molar-refractivity contribution in [2.45, 2.75) is 92.4 Å². The second kappa shape index (κ2) is 6.84. The Morgan fingerprint density at radius 3 is 1.70 bits per heavy atom. The molecule has 0 heterocycles. The molecule has 0 aromatic carbocycles. The summed E-state index contributed by atoms with van der Waals surface area (Å²) in [5.41, 5.74) is 0.654. The molecule has 2 fully saturated rings. The van der Waals surface area contributed by atoms with Crippen molar-refractivity contribution in [3.63, 3.8) is 0 Å². The largest absolute Gasteiger partial charge is 0.0625 e. The van der Waals surface area contributed by atoms with E-state index in [1.807, 2.05) is 0 Å². The first kappa shape index (κ1) is 16.4. The third-order valence-corrected chi connectivity index (χ3v) is 6.70. The van der Waals surface area contributed by atoms with Crippen LogP contribution in [0.4, 0.5) is 0 Å². The van der Waals surface area contributed by atoms with E-state index in [1.54, 1.807) is 0 Å². The van der Waals surface area contributed by atoms with Crippen molar-refractivity contribution in [1.29, 1.82) is 0 Å². The normalized spacial score (nSPS) is 43.4. The number of hydrogen-bond donors (Lipinski definition) is 0. The predicted molar refractivity (Wildman–Crippen MR) is 89.8 cm³/mol. The molecule has 5 unspecified atom stereocenters. The van der Waals surface area contributed by atoms with Gasteiger partial charge in [0.25, 0.3) is 0 Å². The molecule has 0 nitrogen and oxygen atoms in total. The minimum atomic E-state index is 0.654. The van der Waals surface area contributed by atoms with Crippen LogP contribution in [0.5, 0.6) is 0 Å². The standard InChI is InChI=1S/C20H38/c1-15-8-6-10-16(2)12-13-18-19(20(18,4)5)14-17(3)11-7-9-15/h15-19H,6-14H2,1-5H3. The zero-order valence-corrected chi connectivity index (χ0v) is 14.8. The summed E-state index contributed by atoms with van der Waals surface area (Å²) in [4.78, 5) is 0. The third-order valence-electron chi connectivity index (χ3n) is 6.70. The van der Waals surface area contributed by atoms with E-state index < -0.39 is 0 Å². The molecular formula is C20H38. The van der Waals surface area contributed by atoms with Crippen LogP contribution in [0.3, 0.4) is 0 Å². The summed E-state index contributed by atoms with van der Waals surface area (Å²) in [6.07, 6.45) is 13.3. The second-order valence-electron chi connectivity index (χ2n) is 9.02. The molecule has 2 aliphatic rings. The molecule has 20 heavy (non-hydrogen) atoms. The quantitative estimate of drug-likeness (QED) is 0.463. The van der Waals surface area contributed by atoms with E-state index in [4.69, 9.17) is 0 Å². The van der Waals surface area contributed by atoms with E-state index in [0.29, 0.717) is 5.41 Å². The topological polar surface area (TPSA) is 0 Å². The molecule has 2 saturated carbocycles. The highest BCUT2D eigenvalue weighted by Crippen LogP contribution is 2.63. The van der Waals surface area contributed by atoms with Gasteiger partial charge in [0.05, 0.1) is 0 Å². The van der Waals surface area contributed by atoms with Crippen molar-refractivity contribution in [2.75, 3.05) is 0 Å². The van der Waals surface area contributed by atoms with Crippen LogP contribution in [-0.4, -0.2) is 0 Å². The Hall–Kier alpha value is 0. The lowest BCUT2D eigenvalue weighted by Crippen LogP contribution is -2.03. The van der Waals surface area contributed by atoms with Crippen LogP contribution in [0.25, 0.3) is 0 Å². The highest BCUT2D eigenvalue weighted by atomic mass is 14.6. The van der Waals surface area contributed by atoms with Gasteiger partial charge < -0.3 is 0 Å². The molecule has 118 valence electrons. The minimum Gasteiger partial charge on any atom is -0.0625 e. The van der Waals surface area contributed by atoms with Gasteiger partial charge in [-0.1, -0.05) is 79.6 Å². The molecule has 0 aromatic rings. The molecular weight excluding hydrogens is 240 g/mol. The lowest BCUT2D eigenvalue weighted by Gasteiger charge is -2.17. The molecule has 2 aliphatic carbocycles. The first-order valence-corrected chi connectivity index (χ1v) is 9.41. The van der Waals surface area contributed by atoms with E-state index in [-0.39, 0.29) is 0 Å². The maximum Gasteiger partial charge on any atom is -0.0292 e. The highest BCUT2D eigenvalue weighted by Gasteiger charge is 2.56. The van der Waals surface area contributed by atoms with Crippen molar-refractivity contribution >= 4 is 0 Å².